The van der Waals surface area contributed by atoms with Crippen LogP contribution in [0.25, 0.3) is 0 Å². The zero-order valence-electron chi connectivity index (χ0n) is 4.93. The third kappa shape index (κ3) is 5.43. The molecule has 42 valence electrons. The summed E-state index contributed by atoms with van der Waals surface area (Å²) in [5.74, 6) is 0. The number of hydrogen-bond donors (Lipinski definition) is 1. The van der Waals surface area contributed by atoms with Crippen LogP contribution in [-0.4, -0.2) is 32.1 Å². The highest BCUT2D eigenvalue weighted by molar-refractivity contribution is 5.43. The van der Waals surface area contributed by atoms with Crippen molar-refractivity contribution in [2.24, 2.45) is 0 Å². The topological polar surface area (TPSA) is 29.1 Å². The first-order valence-electron chi connectivity index (χ1n) is 2.09. The maximum atomic E-state index is 9.69. The van der Waals surface area contributed by atoms with Gasteiger partial charge in [-0.25, -0.2) is 10.0 Å². The molecule has 0 unspecified atom stereocenters. The van der Waals surface area contributed by atoms with Crippen LogP contribution < -0.4 is 5.43 Å². The Morgan fingerprint density at radius 2 is 1.86 bits per heavy atom. The molecule has 0 spiro atoms. The van der Waals surface area contributed by atoms with E-state index >= 15 is 0 Å². The van der Waals surface area contributed by atoms with Crippen LogP contribution in [0.5, 0.6) is 0 Å². The van der Waals surface area contributed by atoms with Gasteiger partial charge in [0.05, 0.1) is 21.1 Å². The molecule has 0 radical (unpaired) electrons. The molecule has 0 atom stereocenters. The van der Waals surface area contributed by atoms with E-state index in [2.05, 4.69) is 5.43 Å². The molecular formula is C4H11N2O+. The number of carbonyl (C=O) groups excluding carboxylic acids is 1. The highest BCUT2D eigenvalue weighted by Gasteiger charge is 2.00. The molecule has 0 bridgehead atoms. The van der Waals surface area contributed by atoms with E-state index in [-0.39, 0.29) is 0 Å². The zero-order chi connectivity index (χ0) is 5.91. The van der Waals surface area contributed by atoms with Gasteiger partial charge in [-0.1, -0.05) is 0 Å². The Labute approximate surface area is 43.5 Å². The van der Waals surface area contributed by atoms with Crippen LogP contribution in [0.1, 0.15) is 0 Å². The number of carbonyl (C=O) groups is 1. The highest BCUT2D eigenvalue weighted by atomic mass is 16.1. The molecule has 0 saturated carbocycles. The van der Waals surface area contributed by atoms with E-state index in [0.717, 1.165) is 0 Å². The van der Waals surface area contributed by atoms with Gasteiger partial charge in [0, 0.05) is 0 Å². The Morgan fingerprint density at radius 1 is 1.43 bits per heavy atom. The average Bonchev–Trinajstić information content (AvgIpc) is 1.30. The van der Waals surface area contributed by atoms with E-state index in [9.17, 15) is 4.79 Å². The van der Waals surface area contributed by atoms with Crippen molar-refractivity contribution >= 4 is 6.41 Å². The number of rotatable bonds is 2. The summed E-state index contributed by atoms with van der Waals surface area (Å²) in [4.78, 5) is 9.69. The van der Waals surface area contributed by atoms with E-state index in [1.54, 1.807) is 0 Å². The van der Waals surface area contributed by atoms with Gasteiger partial charge in [0.15, 0.2) is 0 Å². The minimum absolute atomic E-state index is 0.476. The molecule has 3 heteroatoms. The smallest absolute Gasteiger partial charge is 0.252 e. The van der Waals surface area contributed by atoms with Gasteiger partial charge in [0.25, 0.3) is 6.41 Å². The Morgan fingerprint density at radius 3 is 1.86 bits per heavy atom. The van der Waals surface area contributed by atoms with E-state index in [4.69, 9.17) is 0 Å². The summed E-state index contributed by atoms with van der Waals surface area (Å²) in [6.07, 6.45) is 0.681. The summed E-state index contributed by atoms with van der Waals surface area (Å²) in [6, 6.07) is 0. The van der Waals surface area contributed by atoms with Gasteiger partial charge in [-0.2, -0.15) is 0 Å². The van der Waals surface area contributed by atoms with Gasteiger partial charge >= 0.3 is 0 Å². The molecule has 0 fully saturated rings. The fourth-order valence-electron chi connectivity index (χ4n) is 0.158. The second kappa shape index (κ2) is 1.93. The third-order valence-electron chi connectivity index (χ3n) is 0.440. The molecule has 0 aromatic heterocycles. The van der Waals surface area contributed by atoms with Crippen molar-refractivity contribution in [1.29, 1.82) is 0 Å². The van der Waals surface area contributed by atoms with Crippen molar-refractivity contribution < 1.29 is 9.39 Å². The monoisotopic (exact) mass is 103 g/mol. The van der Waals surface area contributed by atoms with E-state index in [1.807, 2.05) is 21.1 Å². The number of amides is 1. The molecule has 0 aromatic rings. The summed E-state index contributed by atoms with van der Waals surface area (Å²) in [7, 11) is 5.61. The van der Waals surface area contributed by atoms with Gasteiger partial charge in [0.1, 0.15) is 0 Å². The van der Waals surface area contributed by atoms with Crippen LogP contribution >= 0.6 is 0 Å². The predicted molar refractivity (Wildman–Crippen MR) is 27.2 cm³/mol. The predicted octanol–water partition coefficient (Wildman–Crippen LogP) is -0.646. The second-order valence-corrected chi connectivity index (χ2v) is 2.26. The number of nitrogens with zero attached hydrogens (tertiary/aromatic N) is 1. The standard InChI is InChI=1S/C4H10N2O/c1-6(2,3)5-4-7/h4H,1-3H3/p+1. The van der Waals surface area contributed by atoms with Crippen molar-refractivity contribution in [2.45, 2.75) is 0 Å². The van der Waals surface area contributed by atoms with Gasteiger partial charge in [-0.15, -0.1) is 0 Å². The van der Waals surface area contributed by atoms with Gasteiger partial charge in [-0.05, 0) is 0 Å². The maximum Gasteiger partial charge on any atom is 0.252 e. The van der Waals surface area contributed by atoms with Crippen LogP contribution in [0.4, 0.5) is 0 Å². The Balaban J connectivity index is 3.34. The minimum Gasteiger partial charge on any atom is -0.274 e. The molecule has 0 aliphatic rings. The lowest BCUT2D eigenvalue weighted by Gasteiger charge is -2.19. The largest absolute Gasteiger partial charge is 0.274 e. The van der Waals surface area contributed by atoms with Crippen molar-refractivity contribution in [3.63, 3.8) is 0 Å². The first-order chi connectivity index (χ1) is 3.06. The lowest BCUT2D eigenvalue weighted by molar-refractivity contribution is -0.905. The van der Waals surface area contributed by atoms with Crippen LogP contribution in [0.15, 0.2) is 0 Å². The Bertz CT molecular complexity index is 64.6. The van der Waals surface area contributed by atoms with Crippen LogP contribution in [-0.2, 0) is 4.79 Å². The summed E-state index contributed by atoms with van der Waals surface area (Å²) < 4.78 is 0.476. The lowest BCUT2D eigenvalue weighted by Crippen LogP contribution is -2.46. The van der Waals surface area contributed by atoms with Gasteiger partial charge in [-0.3, -0.25) is 4.79 Å². The van der Waals surface area contributed by atoms with Crippen LogP contribution in [0.3, 0.4) is 0 Å². The Kier molecular flexibility index (Phi) is 1.77. The van der Waals surface area contributed by atoms with E-state index < -0.39 is 0 Å². The minimum atomic E-state index is 0.476. The number of nitrogens with one attached hydrogen (secondary N) is 1. The number of quaternary nitrogens is 1. The van der Waals surface area contributed by atoms with E-state index in [1.165, 1.54) is 0 Å². The summed E-state index contributed by atoms with van der Waals surface area (Å²) in [5.41, 5.74) is 2.54. The summed E-state index contributed by atoms with van der Waals surface area (Å²) in [6.45, 7) is 0. The molecule has 0 rings (SSSR count). The number of hydrogen-bond acceptors (Lipinski definition) is 1. The first kappa shape index (κ1) is 6.43. The van der Waals surface area contributed by atoms with Crippen molar-refractivity contribution in [3.05, 3.63) is 0 Å². The molecule has 0 heterocycles. The van der Waals surface area contributed by atoms with Crippen molar-refractivity contribution in [3.8, 4) is 0 Å². The summed E-state index contributed by atoms with van der Waals surface area (Å²) >= 11 is 0. The van der Waals surface area contributed by atoms with Gasteiger partial charge in [0.2, 0.25) is 0 Å². The second-order valence-electron chi connectivity index (χ2n) is 2.26. The first-order valence-corrected chi connectivity index (χ1v) is 2.09. The van der Waals surface area contributed by atoms with Crippen LogP contribution in [0, 0.1) is 0 Å². The molecule has 0 aliphatic heterocycles. The SMILES string of the molecule is C[N+](C)(C)NC=O. The lowest BCUT2D eigenvalue weighted by atomic mass is 10.9. The summed E-state index contributed by atoms with van der Waals surface area (Å²) in [5, 5.41) is 0. The molecule has 3 nitrogen and oxygen atoms in total. The molecule has 1 N–H and O–H groups in total. The van der Waals surface area contributed by atoms with Crippen LogP contribution in [0.2, 0.25) is 0 Å². The zero-order valence-corrected chi connectivity index (χ0v) is 4.93. The molecule has 0 aromatic carbocycles. The molecule has 7 heavy (non-hydrogen) atoms. The molecule has 0 aliphatic carbocycles. The molecular weight excluding hydrogens is 92.1 g/mol. The fraction of sp³-hybridized carbons (Fsp3) is 0.750. The Hall–Kier alpha value is -0.570. The van der Waals surface area contributed by atoms with E-state index in [0.29, 0.717) is 11.0 Å². The van der Waals surface area contributed by atoms with Gasteiger partial charge < -0.3 is 0 Å². The van der Waals surface area contributed by atoms with Crippen molar-refractivity contribution in [1.82, 2.24) is 5.43 Å². The molecule has 1 amide bonds. The third-order valence-corrected chi connectivity index (χ3v) is 0.440. The quantitative estimate of drug-likeness (QED) is 0.281. The molecule has 0 saturated heterocycles. The normalized spacial score (nSPS) is 10.7. The fourth-order valence-corrected chi connectivity index (χ4v) is 0.158. The average molecular weight is 103 g/mol. The maximum absolute atomic E-state index is 9.69. The highest BCUT2D eigenvalue weighted by Crippen LogP contribution is 1.74. The van der Waals surface area contributed by atoms with Crippen molar-refractivity contribution in [2.75, 3.05) is 21.1 Å².